The van der Waals surface area contributed by atoms with Crippen molar-refractivity contribution in [3.63, 3.8) is 0 Å². The van der Waals surface area contributed by atoms with Gasteiger partial charge in [-0.3, -0.25) is 0 Å². The number of rotatable bonds is 8. The predicted molar refractivity (Wildman–Crippen MR) is 103 cm³/mol. The first-order chi connectivity index (χ1) is 11.2. The van der Waals surface area contributed by atoms with Gasteiger partial charge in [0.2, 0.25) is 0 Å². The lowest BCUT2D eigenvalue weighted by Crippen LogP contribution is -1.98. The predicted octanol–water partition coefficient (Wildman–Crippen LogP) is 5.86. The fourth-order valence-electron chi connectivity index (χ4n) is 2.36. The zero-order valence-corrected chi connectivity index (χ0v) is 14.7. The molecule has 23 heavy (non-hydrogen) atoms. The fraction of sp³-hybridized carbons (Fsp3) is 0.286. The lowest BCUT2D eigenvalue weighted by Gasteiger charge is -2.10. The highest BCUT2D eigenvalue weighted by Gasteiger charge is 2.04. The molecule has 2 aromatic carbocycles. The van der Waals surface area contributed by atoms with E-state index in [1.54, 1.807) is 0 Å². The summed E-state index contributed by atoms with van der Waals surface area (Å²) in [6.45, 7) is 5.05. The lowest BCUT2D eigenvalue weighted by molar-refractivity contribution is 0.316. The van der Waals surface area contributed by atoms with Crippen LogP contribution < -0.4 is 4.74 Å². The van der Waals surface area contributed by atoms with Gasteiger partial charge in [0.05, 0.1) is 6.61 Å². The number of ether oxygens (including phenoxy) is 1. The molecule has 0 bridgehead atoms. The topological polar surface area (TPSA) is 9.23 Å². The summed E-state index contributed by atoms with van der Waals surface area (Å²) >= 11 is 5.49. The molecular weight excluding hydrogens is 300 g/mol. The minimum Gasteiger partial charge on any atom is -0.493 e. The highest BCUT2D eigenvalue weighted by Crippen LogP contribution is 2.23. The molecule has 0 spiro atoms. The molecule has 0 aliphatic heterocycles. The van der Waals surface area contributed by atoms with Gasteiger partial charge in [0.15, 0.2) is 0 Å². The van der Waals surface area contributed by atoms with Crippen LogP contribution in [0.25, 0.3) is 6.08 Å². The van der Waals surface area contributed by atoms with Crippen LogP contribution in [0.1, 0.15) is 43.4 Å². The monoisotopic (exact) mass is 324 g/mol. The number of hydrogen-bond acceptors (Lipinski definition) is 2. The van der Waals surface area contributed by atoms with Crippen LogP contribution in [0.5, 0.6) is 5.75 Å². The lowest BCUT2D eigenvalue weighted by atomic mass is 10.0. The molecule has 0 amide bonds. The highest BCUT2D eigenvalue weighted by molar-refractivity contribution is 7.81. The first-order valence-corrected chi connectivity index (χ1v) is 8.68. The Kier molecular flexibility index (Phi) is 7.02. The minimum atomic E-state index is 0.736. The molecule has 0 heterocycles. The number of allylic oxidation sites excluding steroid dienone is 1. The van der Waals surface area contributed by atoms with E-state index >= 15 is 0 Å². The molecule has 1 nitrogen and oxygen atoms in total. The molecular formula is C21H24OS. The third-order valence-electron chi connectivity index (χ3n) is 3.55. The van der Waals surface area contributed by atoms with Gasteiger partial charge >= 0.3 is 0 Å². The molecule has 0 aliphatic carbocycles. The molecule has 0 atom stereocenters. The van der Waals surface area contributed by atoms with Crippen LogP contribution in [0, 0.1) is 0 Å². The van der Waals surface area contributed by atoms with Crippen molar-refractivity contribution in [3.8, 4) is 5.75 Å². The van der Waals surface area contributed by atoms with Crippen LogP contribution in [0.4, 0.5) is 0 Å². The molecule has 0 fully saturated rings. The molecule has 0 N–H and O–H groups in total. The molecule has 0 saturated carbocycles. The average molecular weight is 324 g/mol. The summed E-state index contributed by atoms with van der Waals surface area (Å²) < 4.78 is 5.92. The zero-order valence-electron chi connectivity index (χ0n) is 13.9. The molecule has 0 aromatic heterocycles. The first kappa shape index (κ1) is 17.4. The van der Waals surface area contributed by atoms with Gasteiger partial charge in [-0.25, -0.2) is 0 Å². The average Bonchev–Trinajstić information content (AvgIpc) is 2.59. The Balaban J connectivity index is 2.20. The molecule has 2 rings (SSSR count). The minimum absolute atomic E-state index is 0.736. The smallest absolute Gasteiger partial charge is 0.126 e. The van der Waals surface area contributed by atoms with Gasteiger partial charge in [0.25, 0.3) is 0 Å². The quantitative estimate of drug-likeness (QED) is 0.342. The van der Waals surface area contributed by atoms with E-state index in [1.807, 2.05) is 36.4 Å². The van der Waals surface area contributed by atoms with Crippen molar-refractivity contribution in [2.24, 2.45) is 0 Å². The largest absolute Gasteiger partial charge is 0.493 e. The first-order valence-electron chi connectivity index (χ1n) is 8.27. The standard InChI is InChI=1S/C21H24OS/c1-3-8-17-11-12-18(20(16-17)22-15-4-2)13-14-21(23)19-9-6-5-7-10-19/h5-7,9-14,16H,3-4,8,15H2,1-2H3. The number of benzene rings is 2. The van der Waals surface area contributed by atoms with Crippen molar-refractivity contribution in [3.05, 3.63) is 71.3 Å². The molecule has 0 saturated heterocycles. The van der Waals surface area contributed by atoms with E-state index in [0.29, 0.717) is 0 Å². The Morgan fingerprint density at radius 1 is 1.04 bits per heavy atom. The Morgan fingerprint density at radius 2 is 1.83 bits per heavy atom. The Morgan fingerprint density at radius 3 is 2.52 bits per heavy atom. The van der Waals surface area contributed by atoms with E-state index in [2.05, 4.69) is 38.1 Å². The van der Waals surface area contributed by atoms with Crippen molar-refractivity contribution in [1.82, 2.24) is 0 Å². The van der Waals surface area contributed by atoms with E-state index in [1.165, 1.54) is 5.56 Å². The Bertz CT molecular complexity index is 659. The van der Waals surface area contributed by atoms with E-state index < -0.39 is 0 Å². The third kappa shape index (κ3) is 5.33. The summed E-state index contributed by atoms with van der Waals surface area (Å²) in [5.74, 6) is 0.949. The van der Waals surface area contributed by atoms with Crippen LogP contribution in [0.3, 0.4) is 0 Å². The van der Waals surface area contributed by atoms with Crippen LogP contribution in [0.15, 0.2) is 54.6 Å². The van der Waals surface area contributed by atoms with Crippen molar-refractivity contribution in [2.45, 2.75) is 33.1 Å². The van der Waals surface area contributed by atoms with Crippen molar-refractivity contribution < 1.29 is 4.74 Å². The van der Waals surface area contributed by atoms with Crippen LogP contribution in [-0.4, -0.2) is 11.5 Å². The molecule has 2 heteroatoms. The van der Waals surface area contributed by atoms with E-state index in [0.717, 1.165) is 47.6 Å². The summed E-state index contributed by atoms with van der Waals surface area (Å²) in [4.78, 5) is 0.838. The van der Waals surface area contributed by atoms with Gasteiger partial charge in [-0.2, -0.15) is 0 Å². The van der Waals surface area contributed by atoms with Gasteiger partial charge in [-0.15, -0.1) is 0 Å². The molecule has 0 aliphatic rings. The molecule has 0 radical (unpaired) electrons. The molecule has 120 valence electrons. The second-order valence-electron chi connectivity index (χ2n) is 5.53. The second-order valence-corrected chi connectivity index (χ2v) is 5.97. The second kappa shape index (κ2) is 9.26. The van der Waals surface area contributed by atoms with Gasteiger partial charge in [-0.1, -0.05) is 75.0 Å². The summed E-state index contributed by atoms with van der Waals surface area (Å²) in [6.07, 6.45) is 7.26. The van der Waals surface area contributed by atoms with Gasteiger partial charge < -0.3 is 4.74 Å². The summed E-state index contributed by atoms with van der Waals surface area (Å²) in [6, 6.07) is 16.5. The summed E-state index contributed by atoms with van der Waals surface area (Å²) in [5.41, 5.74) is 3.47. The van der Waals surface area contributed by atoms with Crippen molar-refractivity contribution in [1.29, 1.82) is 0 Å². The van der Waals surface area contributed by atoms with Crippen LogP contribution >= 0.6 is 12.2 Å². The fourth-order valence-corrected chi connectivity index (χ4v) is 2.57. The van der Waals surface area contributed by atoms with E-state index in [4.69, 9.17) is 17.0 Å². The normalized spacial score (nSPS) is 10.9. The Labute approximate surface area is 145 Å². The van der Waals surface area contributed by atoms with Crippen LogP contribution in [-0.2, 0) is 6.42 Å². The highest BCUT2D eigenvalue weighted by atomic mass is 32.1. The molecule has 2 aromatic rings. The number of thiocarbonyl (C=S) groups is 1. The van der Waals surface area contributed by atoms with Crippen molar-refractivity contribution >= 4 is 23.2 Å². The molecule has 0 unspecified atom stereocenters. The summed E-state index contributed by atoms with van der Waals surface area (Å²) in [7, 11) is 0. The number of aryl methyl sites for hydroxylation is 1. The van der Waals surface area contributed by atoms with E-state index in [-0.39, 0.29) is 0 Å². The number of hydrogen-bond donors (Lipinski definition) is 0. The van der Waals surface area contributed by atoms with Gasteiger partial charge in [0.1, 0.15) is 5.75 Å². The maximum atomic E-state index is 5.92. The maximum absolute atomic E-state index is 5.92. The SMILES string of the molecule is CCCOc1cc(CCC)ccc1C=CC(=S)c1ccccc1. The zero-order chi connectivity index (χ0) is 16.5. The summed E-state index contributed by atoms with van der Waals surface area (Å²) in [5, 5.41) is 0. The van der Waals surface area contributed by atoms with Crippen LogP contribution in [0.2, 0.25) is 0 Å². The Hall–Kier alpha value is -1.93. The maximum Gasteiger partial charge on any atom is 0.126 e. The van der Waals surface area contributed by atoms with Crippen molar-refractivity contribution in [2.75, 3.05) is 6.61 Å². The van der Waals surface area contributed by atoms with Gasteiger partial charge in [-0.05, 0) is 42.2 Å². The van der Waals surface area contributed by atoms with E-state index in [9.17, 15) is 0 Å². The van der Waals surface area contributed by atoms with Gasteiger partial charge in [0, 0.05) is 10.4 Å². The third-order valence-corrected chi connectivity index (χ3v) is 3.92.